The molecule has 3 rings (SSSR count). The van der Waals surface area contributed by atoms with Gasteiger partial charge in [0.1, 0.15) is 5.75 Å². The Kier molecular flexibility index (Phi) is 1.91. The van der Waals surface area contributed by atoms with E-state index in [1.165, 1.54) is 30.5 Å². The maximum atomic E-state index is 5.90. The van der Waals surface area contributed by atoms with Gasteiger partial charge in [0.15, 0.2) is 0 Å². The minimum Gasteiger partial charge on any atom is -0.491 e. The topological polar surface area (TPSA) is 21.3 Å². The molecule has 1 fully saturated rings. The van der Waals surface area contributed by atoms with E-state index >= 15 is 0 Å². The molecule has 1 N–H and O–H groups in total. The highest BCUT2D eigenvalue weighted by atomic mass is 16.5. The molecule has 0 atom stereocenters. The summed E-state index contributed by atoms with van der Waals surface area (Å²) in [5, 5.41) is 3.53. The minimum atomic E-state index is 0.424. The van der Waals surface area contributed by atoms with Gasteiger partial charge in [0.25, 0.3) is 0 Å². The van der Waals surface area contributed by atoms with Crippen molar-refractivity contribution in [2.45, 2.75) is 26.2 Å². The first kappa shape index (κ1) is 9.08. The number of anilines is 1. The zero-order chi connectivity index (χ0) is 10.3. The zero-order valence-electron chi connectivity index (χ0n) is 9.18. The Labute approximate surface area is 90.6 Å². The van der Waals surface area contributed by atoms with Crippen molar-refractivity contribution in [3.63, 3.8) is 0 Å². The second-order valence-electron chi connectivity index (χ2n) is 5.00. The third kappa shape index (κ3) is 1.48. The molecule has 0 bridgehead atoms. The van der Waals surface area contributed by atoms with E-state index in [1.54, 1.807) is 0 Å². The first-order valence-electron chi connectivity index (χ1n) is 5.75. The van der Waals surface area contributed by atoms with Gasteiger partial charge in [0.2, 0.25) is 0 Å². The van der Waals surface area contributed by atoms with Crippen LogP contribution in [0.2, 0.25) is 0 Å². The molecule has 1 spiro atoms. The van der Waals surface area contributed by atoms with E-state index in [4.69, 9.17) is 4.74 Å². The summed E-state index contributed by atoms with van der Waals surface area (Å²) in [5.41, 5.74) is 2.88. The van der Waals surface area contributed by atoms with Crippen LogP contribution in [0.25, 0.3) is 0 Å². The van der Waals surface area contributed by atoms with Crippen LogP contribution in [0.1, 0.15) is 24.8 Å². The number of aryl methyl sites for hydroxylation is 1. The summed E-state index contributed by atoms with van der Waals surface area (Å²) in [6.45, 7) is 4.07. The second kappa shape index (κ2) is 3.16. The van der Waals surface area contributed by atoms with Crippen LogP contribution in [-0.4, -0.2) is 13.2 Å². The van der Waals surface area contributed by atoms with Crippen LogP contribution < -0.4 is 10.1 Å². The van der Waals surface area contributed by atoms with Gasteiger partial charge in [-0.25, -0.2) is 0 Å². The van der Waals surface area contributed by atoms with Gasteiger partial charge < -0.3 is 10.1 Å². The maximum absolute atomic E-state index is 5.90. The van der Waals surface area contributed by atoms with Gasteiger partial charge in [-0.1, -0.05) is 12.5 Å². The number of ether oxygens (including phenoxy) is 1. The molecule has 1 aliphatic heterocycles. The second-order valence-corrected chi connectivity index (χ2v) is 5.00. The van der Waals surface area contributed by atoms with Gasteiger partial charge in [0.05, 0.1) is 12.3 Å². The maximum Gasteiger partial charge on any atom is 0.142 e. The molecule has 2 aliphatic rings. The zero-order valence-corrected chi connectivity index (χ0v) is 9.18. The molecular weight excluding hydrogens is 186 g/mol. The quantitative estimate of drug-likeness (QED) is 0.700. The van der Waals surface area contributed by atoms with Crippen LogP contribution in [0.5, 0.6) is 5.75 Å². The van der Waals surface area contributed by atoms with Gasteiger partial charge in [-0.15, -0.1) is 0 Å². The summed E-state index contributed by atoms with van der Waals surface area (Å²) in [6.07, 6.45) is 3.99. The molecule has 2 nitrogen and oxygen atoms in total. The monoisotopic (exact) mass is 203 g/mol. The van der Waals surface area contributed by atoms with E-state index in [0.29, 0.717) is 5.41 Å². The molecule has 0 saturated heterocycles. The smallest absolute Gasteiger partial charge is 0.142 e. The van der Waals surface area contributed by atoms with Crippen molar-refractivity contribution in [1.29, 1.82) is 0 Å². The van der Waals surface area contributed by atoms with E-state index in [0.717, 1.165) is 18.9 Å². The third-order valence-corrected chi connectivity index (χ3v) is 3.74. The first-order valence-corrected chi connectivity index (χ1v) is 5.75. The summed E-state index contributed by atoms with van der Waals surface area (Å²) in [5.74, 6) is 1.02. The molecule has 2 heteroatoms. The first-order chi connectivity index (χ1) is 7.27. The third-order valence-electron chi connectivity index (χ3n) is 3.74. The fraction of sp³-hybridized carbons (Fsp3) is 0.538. The van der Waals surface area contributed by atoms with E-state index in [9.17, 15) is 0 Å². The summed E-state index contributed by atoms with van der Waals surface area (Å²) in [6, 6.07) is 6.36. The number of nitrogens with one attached hydrogen (secondary N) is 1. The number of hydrogen-bond donors (Lipinski definition) is 1. The number of fused-ring (bicyclic) bond motifs is 1. The summed E-state index contributed by atoms with van der Waals surface area (Å²) < 4.78 is 5.90. The van der Waals surface area contributed by atoms with Crippen LogP contribution in [0, 0.1) is 12.3 Å². The molecule has 0 unspecified atom stereocenters. The van der Waals surface area contributed by atoms with Crippen molar-refractivity contribution in [2.24, 2.45) is 5.41 Å². The van der Waals surface area contributed by atoms with Gasteiger partial charge >= 0.3 is 0 Å². The highest BCUT2D eigenvalue weighted by Gasteiger charge is 2.39. The van der Waals surface area contributed by atoms with Crippen molar-refractivity contribution in [3.8, 4) is 5.75 Å². The van der Waals surface area contributed by atoms with Crippen LogP contribution in [0.15, 0.2) is 18.2 Å². The SMILES string of the molecule is Cc1ccc2c(c1)NCC1(CCC1)CO2. The average Bonchev–Trinajstić information content (AvgIpc) is 2.36. The summed E-state index contributed by atoms with van der Waals surface area (Å²) in [4.78, 5) is 0. The molecule has 15 heavy (non-hydrogen) atoms. The minimum absolute atomic E-state index is 0.424. The van der Waals surface area contributed by atoms with Gasteiger partial charge in [0, 0.05) is 12.0 Å². The van der Waals surface area contributed by atoms with Crippen LogP contribution in [0.4, 0.5) is 5.69 Å². The van der Waals surface area contributed by atoms with E-state index < -0.39 is 0 Å². The highest BCUT2D eigenvalue weighted by Crippen LogP contribution is 2.44. The molecule has 1 saturated carbocycles. The van der Waals surface area contributed by atoms with E-state index in [2.05, 4.69) is 30.4 Å². The summed E-state index contributed by atoms with van der Waals surface area (Å²) in [7, 11) is 0. The van der Waals surface area contributed by atoms with Crippen molar-refractivity contribution in [1.82, 2.24) is 0 Å². The fourth-order valence-corrected chi connectivity index (χ4v) is 2.47. The Morgan fingerprint density at radius 3 is 2.93 bits per heavy atom. The lowest BCUT2D eigenvalue weighted by atomic mass is 9.69. The summed E-state index contributed by atoms with van der Waals surface area (Å²) >= 11 is 0. The number of benzene rings is 1. The largest absolute Gasteiger partial charge is 0.491 e. The highest BCUT2D eigenvalue weighted by molar-refractivity contribution is 5.58. The number of rotatable bonds is 0. The molecule has 0 amide bonds. The Balaban J connectivity index is 1.88. The number of hydrogen-bond acceptors (Lipinski definition) is 2. The van der Waals surface area contributed by atoms with Crippen molar-refractivity contribution in [2.75, 3.05) is 18.5 Å². The van der Waals surface area contributed by atoms with Crippen LogP contribution >= 0.6 is 0 Å². The Bertz CT molecular complexity index is 382. The molecule has 1 heterocycles. The van der Waals surface area contributed by atoms with Crippen LogP contribution in [-0.2, 0) is 0 Å². The normalized spacial score (nSPS) is 21.9. The fourth-order valence-electron chi connectivity index (χ4n) is 2.47. The van der Waals surface area contributed by atoms with Crippen LogP contribution in [0.3, 0.4) is 0 Å². The van der Waals surface area contributed by atoms with Gasteiger partial charge in [-0.2, -0.15) is 0 Å². The molecule has 0 aromatic heterocycles. The molecule has 1 aliphatic carbocycles. The lowest BCUT2D eigenvalue weighted by molar-refractivity contribution is 0.0766. The van der Waals surface area contributed by atoms with Gasteiger partial charge in [-0.05, 0) is 37.5 Å². The van der Waals surface area contributed by atoms with Crippen molar-refractivity contribution < 1.29 is 4.74 Å². The van der Waals surface area contributed by atoms with Crippen molar-refractivity contribution >= 4 is 5.69 Å². The predicted molar refractivity (Wildman–Crippen MR) is 61.4 cm³/mol. The Morgan fingerprint density at radius 1 is 1.33 bits per heavy atom. The molecule has 1 aromatic rings. The lowest BCUT2D eigenvalue weighted by Crippen LogP contribution is -2.40. The standard InChI is InChI=1S/C13H17NO/c1-10-3-4-12-11(7-10)14-8-13(9-15-12)5-2-6-13/h3-4,7,14H,2,5-6,8-9H2,1H3. The van der Waals surface area contributed by atoms with E-state index in [-0.39, 0.29) is 0 Å². The molecule has 80 valence electrons. The average molecular weight is 203 g/mol. The molecule has 1 aromatic carbocycles. The van der Waals surface area contributed by atoms with E-state index in [1.807, 2.05) is 0 Å². The lowest BCUT2D eigenvalue weighted by Gasteiger charge is -2.40. The Morgan fingerprint density at radius 2 is 2.20 bits per heavy atom. The molecular formula is C13H17NO. The predicted octanol–water partition coefficient (Wildman–Crippen LogP) is 2.97. The molecule has 0 radical (unpaired) electrons. The Hall–Kier alpha value is -1.18. The van der Waals surface area contributed by atoms with Gasteiger partial charge in [-0.3, -0.25) is 0 Å². The van der Waals surface area contributed by atoms with Crippen molar-refractivity contribution in [3.05, 3.63) is 23.8 Å².